The molecule has 0 spiro atoms. The van der Waals surface area contributed by atoms with Gasteiger partial charge in [-0.15, -0.1) is 0 Å². The number of nitro benzene ring substituents is 1. The molecule has 0 saturated heterocycles. The molecule has 0 bridgehead atoms. The van der Waals surface area contributed by atoms with E-state index in [4.69, 9.17) is 10.5 Å². The van der Waals surface area contributed by atoms with Gasteiger partial charge in [-0.1, -0.05) is 30.9 Å². The van der Waals surface area contributed by atoms with Crippen LogP contribution in [0.15, 0.2) is 77.8 Å². The van der Waals surface area contributed by atoms with Gasteiger partial charge in [0.2, 0.25) is 0 Å². The summed E-state index contributed by atoms with van der Waals surface area (Å²) in [5.74, 6) is 0.160. The van der Waals surface area contributed by atoms with Crippen molar-refractivity contribution in [3.8, 4) is 11.8 Å². The third-order valence-corrected chi connectivity index (χ3v) is 6.14. The molecule has 2 aliphatic rings. The van der Waals surface area contributed by atoms with Crippen LogP contribution in [-0.2, 0) is 4.79 Å². The minimum atomic E-state index is -0.614. The number of benzene rings is 2. The zero-order chi connectivity index (χ0) is 24.4. The van der Waals surface area contributed by atoms with E-state index in [2.05, 4.69) is 12.6 Å². The Morgan fingerprint density at radius 1 is 1.29 bits per heavy atom. The van der Waals surface area contributed by atoms with Crippen LogP contribution in [0.1, 0.15) is 36.3 Å². The highest BCUT2D eigenvalue weighted by molar-refractivity contribution is 6.01. The molecule has 0 radical (unpaired) electrons. The molecule has 8 nitrogen and oxygen atoms in total. The first-order valence-corrected chi connectivity index (χ1v) is 10.9. The number of carbonyl (C=O) groups is 1. The van der Waals surface area contributed by atoms with Crippen LogP contribution in [-0.4, -0.2) is 17.3 Å². The molecule has 2 aromatic rings. The van der Waals surface area contributed by atoms with Crippen molar-refractivity contribution in [2.45, 2.75) is 32.1 Å². The van der Waals surface area contributed by atoms with E-state index in [0.29, 0.717) is 48.6 Å². The smallest absolute Gasteiger partial charge is 0.271 e. The highest BCUT2D eigenvalue weighted by atomic mass is 16.6. The number of carbonyl (C=O) groups excluding carboxylic acids is 1. The molecule has 172 valence electrons. The van der Waals surface area contributed by atoms with E-state index in [1.165, 1.54) is 12.1 Å². The van der Waals surface area contributed by atoms with Gasteiger partial charge in [-0.2, -0.15) is 5.26 Å². The third-order valence-electron chi connectivity index (χ3n) is 6.14. The lowest BCUT2D eigenvalue weighted by Crippen LogP contribution is -2.39. The molecule has 1 aliphatic carbocycles. The molecule has 0 fully saturated rings. The average Bonchev–Trinajstić information content (AvgIpc) is 2.83. The second-order valence-corrected chi connectivity index (χ2v) is 8.21. The number of ketones is 1. The predicted octanol–water partition coefficient (Wildman–Crippen LogP) is 4.77. The topological polar surface area (TPSA) is 122 Å². The summed E-state index contributed by atoms with van der Waals surface area (Å²) in [6.45, 7) is 5.82. The van der Waals surface area contributed by atoms with Gasteiger partial charge in [0.25, 0.3) is 5.69 Å². The van der Waals surface area contributed by atoms with Crippen LogP contribution < -0.4 is 15.4 Å². The molecule has 34 heavy (non-hydrogen) atoms. The lowest BCUT2D eigenvalue weighted by atomic mass is 9.75. The number of nitriles is 1. The monoisotopic (exact) mass is 456 g/mol. The Morgan fingerprint density at radius 3 is 2.68 bits per heavy atom. The van der Waals surface area contributed by atoms with Gasteiger partial charge in [-0.05, 0) is 43.0 Å². The minimum absolute atomic E-state index is 0.0495. The molecule has 2 N–H and O–H groups in total. The van der Waals surface area contributed by atoms with E-state index < -0.39 is 10.8 Å². The summed E-state index contributed by atoms with van der Waals surface area (Å²) >= 11 is 0. The van der Waals surface area contributed by atoms with Crippen LogP contribution in [0.3, 0.4) is 0 Å². The Kier molecular flexibility index (Phi) is 6.19. The molecule has 4 rings (SSSR count). The van der Waals surface area contributed by atoms with Crippen LogP contribution in [0.4, 0.5) is 11.4 Å². The fraction of sp³-hybridized carbons (Fsp3) is 0.231. The lowest BCUT2D eigenvalue weighted by Gasteiger charge is -2.40. The number of ether oxygens (including phenoxy) is 1. The number of hydrogen-bond donors (Lipinski definition) is 1. The quantitative estimate of drug-likeness (QED) is 0.377. The number of non-ortho nitro benzene ring substituents is 1. The Hall–Kier alpha value is -4.38. The number of Topliss-reactive ketones (excluding diaryl/α,β-unsaturated/α-hetero) is 1. The van der Waals surface area contributed by atoms with E-state index in [-0.39, 0.29) is 22.9 Å². The van der Waals surface area contributed by atoms with Gasteiger partial charge in [0, 0.05) is 29.8 Å². The molecule has 1 heterocycles. The molecule has 1 unspecified atom stereocenters. The predicted molar refractivity (Wildman–Crippen MR) is 128 cm³/mol. The summed E-state index contributed by atoms with van der Waals surface area (Å²) in [4.78, 5) is 25.8. The van der Waals surface area contributed by atoms with E-state index in [1.807, 2.05) is 19.1 Å². The second-order valence-electron chi connectivity index (χ2n) is 8.21. The molecule has 0 saturated carbocycles. The van der Waals surface area contributed by atoms with Gasteiger partial charge in [-0.25, -0.2) is 0 Å². The molecule has 1 atom stereocenters. The summed E-state index contributed by atoms with van der Waals surface area (Å²) < 4.78 is 5.56. The Labute approximate surface area is 197 Å². The molecular formula is C26H24N4O4. The highest BCUT2D eigenvalue weighted by Crippen LogP contribution is 2.47. The average molecular weight is 457 g/mol. The van der Waals surface area contributed by atoms with Gasteiger partial charge in [0.05, 0.1) is 28.2 Å². The molecular weight excluding hydrogens is 432 g/mol. The fourth-order valence-electron chi connectivity index (χ4n) is 4.56. The maximum atomic E-state index is 13.2. The van der Waals surface area contributed by atoms with Crippen molar-refractivity contribution in [2.75, 3.05) is 11.5 Å². The normalized spacial score (nSPS) is 17.8. The zero-order valence-electron chi connectivity index (χ0n) is 18.8. The van der Waals surface area contributed by atoms with Crippen LogP contribution in [0.2, 0.25) is 0 Å². The second kappa shape index (κ2) is 9.24. The molecule has 1 aliphatic heterocycles. The van der Waals surface area contributed by atoms with Gasteiger partial charge in [0.15, 0.2) is 5.78 Å². The summed E-state index contributed by atoms with van der Waals surface area (Å²) in [6, 6.07) is 13.9. The maximum Gasteiger partial charge on any atom is 0.271 e. The largest absolute Gasteiger partial charge is 0.490 e. The molecule has 2 aromatic carbocycles. The summed E-state index contributed by atoms with van der Waals surface area (Å²) in [6.07, 6.45) is 3.22. The van der Waals surface area contributed by atoms with Crippen molar-refractivity contribution in [3.63, 3.8) is 0 Å². The van der Waals surface area contributed by atoms with Crippen molar-refractivity contribution in [2.24, 2.45) is 5.73 Å². The Bertz CT molecular complexity index is 1280. The fourth-order valence-corrected chi connectivity index (χ4v) is 4.56. The molecule has 0 aromatic heterocycles. The van der Waals surface area contributed by atoms with Crippen LogP contribution >= 0.6 is 0 Å². The first-order chi connectivity index (χ1) is 16.4. The number of allylic oxidation sites excluding steroid dienone is 3. The van der Waals surface area contributed by atoms with Crippen LogP contribution in [0.5, 0.6) is 5.75 Å². The third kappa shape index (κ3) is 3.92. The van der Waals surface area contributed by atoms with Crippen molar-refractivity contribution >= 4 is 17.2 Å². The van der Waals surface area contributed by atoms with E-state index in [1.54, 1.807) is 29.2 Å². The standard InChI is InChI=1S/C26H24N4O4/c1-3-13-34-19-11-8-17(9-12-19)24-20(15-27)26(28)29(21-5-4-6-23(31)25(21)24)22-14-18(30(32)33)10-7-16(22)2/h3,7-12,14,24H,1,4-6,13,28H2,2H3. The first kappa shape index (κ1) is 22.8. The van der Waals surface area contributed by atoms with Crippen molar-refractivity contribution in [1.82, 2.24) is 0 Å². The number of nitrogens with zero attached hydrogens (tertiary/aromatic N) is 3. The number of aryl methyl sites for hydroxylation is 1. The van der Waals surface area contributed by atoms with Crippen molar-refractivity contribution in [1.29, 1.82) is 5.26 Å². The number of nitro groups is 1. The van der Waals surface area contributed by atoms with Crippen molar-refractivity contribution in [3.05, 3.63) is 99.0 Å². The van der Waals surface area contributed by atoms with Crippen LogP contribution in [0.25, 0.3) is 0 Å². The van der Waals surface area contributed by atoms with E-state index in [0.717, 1.165) is 11.1 Å². The molecule has 0 amide bonds. The summed E-state index contributed by atoms with van der Waals surface area (Å²) in [7, 11) is 0. The first-order valence-electron chi connectivity index (χ1n) is 10.9. The van der Waals surface area contributed by atoms with Crippen molar-refractivity contribution < 1.29 is 14.5 Å². The van der Waals surface area contributed by atoms with Gasteiger partial charge in [0.1, 0.15) is 18.2 Å². The van der Waals surface area contributed by atoms with E-state index in [9.17, 15) is 20.2 Å². The number of nitrogens with two attached hydrogens (primary N) is 1. The van der Waals surface area contributed by atoms with E-state index >= 15 is 0 Å². The zero-order valence-corrected chi connectivity index (χ0v) is 18.8. The van der Waals surface area contributed by atoms with Crippen LogP contribution in [0, 0.1) is 28.4 Å². The summed E-state index contributed by atoms with van der Waals surface area (Å²) in [5, 5.41) is 21.5. The Morgan fingerprint density at radius 2 is 2.03 bits per heavy atom. The number of rotatable bonds is 6. The maximum absolute atomic E-state index is 13.2. The number of anilines is 1. The lowest BCUT2D eigenvalue weighted by molar-refractivity contribution is -0.384. The van der Waals surface area contributed by atoms with Gasteiger partial charge < -0.3 is 10.5 Å². The summed E-state index contributed by atoms with van der Waals surface area (Å²) in [5.41, 5.74) is 9.91. The Balaban J connectivity index is 1.90. The van der Waals surface area contributed by atoms with Gasteiger partial charge >= 0.3 is 0 Å². The SMILES string of the molecule is C=CCOc1ccc(C2C(C#N)=C(N)N(c3cc([N+](=O)[O-])ccc3C)C3=C2C(=O)CCC3)cc1. The number of hydrogen-bond acceptors (Lipinski definition) is 7. The molecule has 8 heteroatoms. The highest BCUT2D eigenvalue weighted by Gasteiger charge is 2.40. The minimum Gasteiger partial charge on any atom is -0.490 e. The van der Waals surface area contributed by atoms with Gasteiger partial charge in [-0.3, -0.25) is 19.8 Å².